The standard InChI is InChI=1S/C12H21NO2/c14-8-12(9-15-10-12)7-13-6-11-4-2-1-3-5-11/h1-2,11,13-14H,3-10H2. The van der Waals surface area contributed by atoms with Crippen LogP contribution in [0.3, 0.4) is 0 Å². The van der Waals surface area contributed by atoms with Gasteiger partial charge in [0, 0.05) is 6.54 Å². The maximum absolute atomic E-state index is 9.24. The van der Waals surface area contributed by atoms with Gasteiger partial charge in [-0.25, -0.2) is 0 Å². The average molecular weight is 211 g/mol. The number of aliphatic hydroxyl groups excluding tert-OH is 1. The van der Waals surface area contributed by atoms with Gasteiger partial charge in [-0.05, 0) is 31.7 Å². The number of allylic oxidation sites excluding steroid dienone is 2. The van der Waals surface area contributed by atoms with Crippen LogP contribution in [0.2, 0.25) is 0 Å². The molecule has 1 unspecified atom stereocenters. The number of rotatable bonds is 5. The summed E-state index contributed by atoms with van der Waals surface area (Å²) in [5, 5.41) is 12.7. The van der Waals surface area contributed by atoms with Gasteiger partial charge in [0.1, 0.15) is 0 Å². The van der Waals surface area contributed by atoms with Gasteiger partial charge in [0.05, 0.1) is 25.2 Å². The molecular weight excluding hydrogens is 190 g/mol. The summed E-state index contributed by atoms with van der Waals surface area (Å²) < 4.78 is 5.16. The highest BCUT2D eigenvalue weighted by Gasteiger charge is 2.37. The molecule has 0 aromatic carbocycles. The lowest BCUT2D eigenvalue weighted by molar-refractivity contribution is -0.134. The summed E-state index contributed by atoms with van der Waals surface area (Å²) in [6, 6.07) is 0. The molecule has 2 aliphatic rings. The predicted molar refractivity (Wildman–Crippen MR) is 59.7 cm³/mol. The Morgan fingerprint density at radius 2 is 2.27 bits per heavy atom. The molecule has 0 spiro atoms. The average Bonchev–Trinajstić information content (AvgIpc) is 2.24. The van der Waals surface area contributed by atoms with Gasteiger partial charge in [-0.3, -0.25) is 0 Å². The molecule has 1 fully saturated rings. The van der Waals surface area contributed by atoms with E-state index >= 15 is 0 Å². The Balaban J connectivity index is 1.63. The van der Waals surface area contributed by atoms with Crippen LogP contribution < -0.4 is 5.32 Å². The molecule has 1 aliphatic carbocycles. The van der Waals surface area contributed by atoms with Gasteiger partial charge in [0.2, 0.25) is 0 Å². The van der Waals surface area contributed by atoms with Crippen LogP contribution in [-0.2, 0) is 4.74 Å². The molecule has 1 atom stereocenters. The van der Waals surface area contributed by atoms with E-state index in [1.54, 1.807) is 0 Å². The lowest BCUT2D eigenvalue weighted by Gasteiger charge is -2.40. The molecule has 2 rings (SSSR count). The first-order valence-electron chi connectivity index (χ1n) is 5.89. The van der Waals surface area contributed by atoms with Crippen molar-refractivity contribution >= 4 is 0 Å². The van der Waals surface area contributed by atoms with Crippen molar-refractivity contribution in [1.82, 2.24) is 5.32 Å². The second-order valence-electron chi connectivity index (χ2n) is 4.93. The molecule has 2 N–H and O–H groups in total. The molecule has 0 radical (unpaired) electrons. The first kappa shape index (κ1) is 11.1. The van der Waals surface area contributed by atoms with Crippen molar-refractivity contribution in [3.63, 3.8) is 0 Å². The van der Waals surface area contributed by atoms with E-state index in [1.807, 2.05) is 0 Å². The summed E-state index contributed by atoms with van der Waals surface area (Å²) in [7, 11) is 0. The van der Waals surface area contributed by atoms with Gasteiger partial charge in [0.15, 0.2) is 0 Å². The third kappa shape index (κ3) is 2.80. The fourth-order valence-corrected chi connectivity index (χ4v) is 2.22. The van der Waals surface area contributed by atoms with Gasteiger partial charge in [-0.1, -0.05) is 12.2 Å². The van der Waals surface area contributed by atoms with Gasteiger partial charge >= 0.3 is 0 Å². The van der Waals surface area contributed by atoms with Gasteiger partial charge < -0.3 is 15.2 Å². The number of hydrogen-bond donors (Lipinski definition) is 2. The van der Waals surface area contributed by atoms with Crippen molar-refractivity contribution in [1.29, 1.82) is 0 Å². The van der Waals surface area contributed by atoms with Crippen LogP contribution in [0.25, 0.3) is 0 Å². The van der Waals surface area contributed by atoms with Crippen LogP contribution in [0, 0.1) is 11.3 Å². The Morgan fingerprint density at radius 1 is 1.40 bits per heavy atom. The Hall–Kier alpha value is -0.380. The van der Waals surface area contributed by atoms with Gasteiger partial charge in [0.25, 0.3) is 0 Å². The largest absolute Gasteiger partial charge is 0.396 e. The summed E-state index contributed by atoms with van der Waals surface area (Å²) >= 11 is 0. The fraction of sp³-hybridized carbons (Fsp3) is 0.833. The molecule has 0 aromatic rings. The molecule has 0 saturated carbocycles. The van der Waals surface area contributed by atoms with E-state index in [9.17, 15) is 5.11 Å². The smallest absolute Gasteiger partial charge is 0.0579 e. The summed E-state index contributed by atoms with van der Waals surface area (Å²) in [6.07, 6.45) is 8.28. The summed E-state index contributed by atoms with van der Waals surface area (Å²) in [4.78, 5) is 0. The maximum Gasteiger partial charge on any atom is 0.0579 e. The van der Waals surface area contributed by atoms with E-state index in [0.717, 1.165) is 19.0 Å². The van der Waals surface area contributed by atoms with Crippen LogP contribution in [0.1, 0.15) is 19.3 Å². The van der Waals surface area contributed by atoms with Crippen molar-refractivity contribution in [2.45, 2.75) is 19.3 Å². The van der Waals surface area contributed by atoms with Crippen LogP contribution in [0.4, 0.5) is 0 Å². The van der Waals surface area contributed by atoms with E-state index in [1.165, 1.54) is 19.3 Å². The van der Waals surface area contributed by atoms with Crippen LogP contribution in [-0.4, -0.2) is 38.0 Å². The highest BCUT2D eigenvalue weighted by Crippen LogP contribution is 2.26. The quantitative estimate of drug-likeness (QED) is 0.665. The normalized spacial score (nSPS) is 28.7. The van der Waals surface area contributed by atoms with E-state index in [-0.39, 0.29) is 12.0 Å². The van der Waals surface area contributed by atoms with Crippen LogP contribution in [0.15, 0.2) is 12.2 Å². The molecule has 0 amide bonds. The van der Waals surface area contributed by atoms with E-state index < -0.39 is 0 Å². The molecule has 3 heteroatoms. The minimum Gasteiger partial charge on any atom is -0.396 e. The molecule has 1 aliphatic heterocycles. The molecule has 86 valence electrons. The van der Waals surface area contributed by atoms with Crippen LogP contribution >= 0.6 is 0 Å². The zero-order valence-electron chi connectivity index (χ0n) is 9.24. The molecule has 0 aromatic heterocycles. The predicted octanol–water partition coefficient (Wildman–Crippen LogP) is 0.941. The van der Waals surface area contributed by atoms with Crippen molar-refractivity contribution in [2.75, 3.05) is 32.9 Å². The monoisotopic (exact) mass is 211 g/mol. The second kappa shape index (κ2) is 5.10. The lowest BCUT2D eigenvalue weighted by atomic mass is 9.86. The van der Waals surface area contributed by atoms with Crippen molar-refractivity contribution in [3.05, 3.63) is 12.2 Å². The fourth-order valence-electron chi connectivity index (χ4n) is 2.22. The van der Waals surface area contributed by atoms with E-state index in [2.05, 4.69) is 17.5 Å². The Morgan fingerprint density at radius 3 is 2.80 bits per heavy atom. The summed E-state index contributed by atoms with van der Waals surface area (Å²) in [6.45, 7) is 3.63. The summed E-state index contributed by atoms with van der Waals surface area (Å²) in [5.74, 6) is 0.784. The first-order chi connectivity index (χ1) is 7.35. The zero-order chi connectivity index (χ0) is 10.6. The molecule has 1 heterocycles. The molecular formula is C12H21NO2. The lowest BCUT2D eigenvalue weighted by Crippen LogP contribution is -2.52. The molecule has 0 bridgehead atoms. The SMILES string of the molecule is OCC1(CNCC2CC=CCC2)COC1. The highest BCUT2D eigenvalue weighted by atomic mass is 16.5. The minimum absolute atomic E-state index is 0.0184. The molecule has 15 heavy (non-hydrogen) atoms. The number of nitrogens with one attached hydrogen (secondary N) is 1. The van der Waals surface area contributed by atoms with E-state index in [4.69, 9.17) is 4.74 Å². The first-order valence-corrected chi connectivity index (χ1v) is 5.89. The van der Waals surface area contributed by atoms with Crippen molar-refractivity contribution in [2.24, 2.45) is 11.3 Å². The molecule has 3 nitrogen and oxygen atoms in total. The second-order valence-corrected chi connectivity index (χ2v) is 4.93. The van der Waals surface area contributed by atoms with Gasteiger partial charge in [-0.2, -0.15) is 0 Å². The topological polar surface area (TPSA) is 41.5 Å². The third-order valence-electron chi connectivity index (χ3n) is 3.46. The molecule has 1 saturated heterocycles. The Kier molecular flexibility index (Phi) is 3.78. The number of hydrogen-bond acceptors (Lipinski definition) is 3. The Labute approximate surface area is 91.5 Å². The maximum atomic E-state index is 9.24. The summed E-state index contributed by atoms with van der Waals surface area (Å²) in [5.41, 5.74) is 0.0184. The van der Waals surface area contributed by atoms with Gasteiger partial charge in [-0.15, -0.1) is 0 Å². The zero-order valence-corrected chi connectivity index (χ0v) is 9.24. The van der Waals surface area contributed by atoms with Crippen molar-refractivity contribution < 1.29 is 9.84 Å². The number of aliphatic hydroxyl groups is 1. The van der Waals surface area contributed by atoms with E-state index in [0.29, 0.717) is 13.2 Å². The highest BCUT2D eigenvalue weighted by molar-refractivity contribution is 4.92. The van der Waals surface area contributed by atoms with Crippen molar-refractivity contribution in [3.8, 4) is 0 Å². The van der Waals surface area contributed by atoms with Crippen LogP contribution in [0.5, 0.6) is 0 Å². The number of ether oxygens (including phenoxy) is 1. The minimum atomic E-state index is 0.0184. The third-order valence-corrected chi connectivity index (χ3v) is 3.46. The Bertz CT molecular complexity index is 218.